The second kappa shape index (κ2) is 8.04. The number of allylic oxidation sites excluding steroid dienone is 1. The fourth-order valence-electron chi connectivity index (χ4n) is 7.21. The summed E-state index contributed by atoms with van der Waals surface area (Å²) in [5, 5.41) is 49.9. The Balaban J connectivity index is 1.26. The third kappa shape index (κ3) is 3.04. The van der Waals surface area contributed by atoms with Gasteiger partial charge < -0.3 is 49.4 Å². The summed E-state index contributed by atoms with van der Waals surface area (Å²) in [5.74, 6) is 0.990. The van der Waals surface area contributed by atoms with Gasteiger partial charge in [-0.15, -0.1) is 0 Å². The molecule has 0 saturated carbocycles. The van der Waals surface area contributed by atoms with Gasteiger partial charge in [-0.3, -0.25) is 0 Å². The van der Waals surface area contributed by atoms with Crippen LogP contribution >= 0.6 is 0 Å². The minimum atomic E-state index is -1.74. The van der Waals surface area contributed by atoms with E-state index < -0.39 is 54.5 Å². The Labute approximate surface area is 207 Å². The average molecular weight is 506 g/mol. The van der Waals surface area contributed by atoms with Gasteiger partial charge in [0.15, 0.2) is 29.1 Å². The van der Waals surface area contributed by atoms with Gasteiger partial charge in [-0.2, -0.15) is 0 Å². The fraction of sp³-hybridized carbons (Fsp3) is 0.640. The quantitative estimate of drug-likeness (QED) is 0.349. The van der Waals surface area contributed by atoms with Gasteiger partial charge in [0.1, 0.15) is 31.0 Å². The number of carbonyl (C=O) groups is 1. The first-order valence-corrected chi connectivity index (χ1v) is 12.3. The van der Waals surface area contributed by atoms with E-state index in [9.17, 15) is 30.3 Å². The molecule has 196 valence electrons. The zero-order valence-corrected chi connectivity index (χ0v) is 20.0. The van der Waals surface area contributed by atoms with E-state index in [0.717, 1.165) is 30.5 Å². The molecule has 2 fully saturated rings. The number of ether oxygens (including phenoxy) is 4. The topological polar surface area (TPSA) is 158 Å². The van der Waals surface area contributed by atoms with Crippen LogP contribution in [0.15, 0.2) is 24.0 Å². The van der Waals surface area contributed by atoms with Crippen molar-refractivity contribution in [3.63, 3.8) is 0 Å². The second-order valence-electron chi connectivity index (χ2n) is 10.7. The maximum atomic E-state index is 12.7. The van der Waals surface area contributed by atoms with Crippen LogP contribution in [0.3, 0.4) is 0 Å². The van der Waals surface area contributed by atoms with Crippen LogP contribution in [0.5, 0.6) is 11.5 Å². The van der Waals surface area contributed by atoms with Crippen molar-refractivity contribution in [1.82, 2.24) is 4.90 Å². The number of likely N-dealkylation sites (tertiary alicyclic amines) is 1. The van der Waals surface area contributed by atoms with Gasteiger partial charge in [-0.1, -0.05) is 6.07 Å². The molecule has 36 heavy (non-hydrogen) atoms. The number of rotatable bonds is 3. The minimum absolute atomic E-state index is 0.0551. The number of aromatic hydroxyl groups is 1. The van der Waals surface area contributed by atoms with Gasteiger partial charge in [0, 0.05) is 11.6 Å². The third-order valence-corrected chi connectivity index (χ3v) is 9.05. The standard InChI is InChI=1S/C25H31NO10/c1-24-16(35-23(32)33-10-15-18(28)19(29)20(30)22(31)34-15)6-4-12-13-9-11-3-5-14(27)21(36-24)17(11)25(12,24)7-8-26(13)2/h3,5-6,12-13,15,18-20,22,27-31H,4,7-10H2,1-2H3/t12-,13?,15+,18-,19-,20+,22-,24-,25-/m0/s1. The zero-order valence-electron chi connectivity index (χ0n) is 20.0. The normalized spacial score (nSPS) is 42.7. The summed E-state index contributed by atoms with van der Waals surface area (Å²) in [4.78, 5) is 15.1. The number of piperidine rings is 1. The second-order valence-corrected chi connectivity index (χ2v) is 10.7. The molecule has 5 aliphatic rings. The highest BCUT2D eigenvalue weighted by Gasteiger charge is 2.70. The maximum absolute atomic E-state index is 12.7. The van der Waals surface area contributed by atoms with Crippen LogP contribution in [0.1, 0.15) is 30.9 Å². The summed E-state index contributed by atoms with van der Waals surface area (Å²) in [6, 6.07) is 3.89. The van der Waals surface area contributed by atoms with E-state index in [-0.39, 0.29) is 23.5 Å². The molecule has 0 radical (unpaired) electrons. The molecule has 1 aromatic rings. The molecule has 1 spiro atoms. The summed E-state index contributed by atoms with van der Waals surface area (Å²) in [5.41, 5.74) is 0.596. The Bertz CT molecular complexity index is 1120. The number of aliphatic hydroxyl groups excluding tert-OH is 4. The lowest BCUT2D eigenvalue weighted by Gasteiger charge is -2.59. The number of nitrogens with zero attached hydrogens (tertiary/aromatic N) is 1. The molecule has 5 N–H and O–H groups in total. The van der Waals surface area contributed by atoms with Crippen LogP contribution in [-0.2, 0) is 26.0 Å². The molecule has 6 rings (SSSR count). The number of benzene rings is 1. The number of aliphatic hydroxyl groups is 4. The van der Waals surface area contributed by atoms with E-state index in [1.54, 1.807) is 6.07 Å². The first kappa shape index (κ1) is 24.0. The molecule has 2 bridgehead atoms. The van der Waals surface area contributed by atoms with Gasteiger partial charge in [0.25, 0.3) is 0 Å². The highest BCUT2D eigenvalue weighted by atomic mass is 16.7. The van der Waals surface area contributed by atoms with Gasteiger partial charge in [0.2, 0.25) is 0 Å². The molecular weight excluding hydrogens is 474 g/mol. The summed E-state index contributed by atoms with van der Waals surface area (Å²) in [6.07, 6.45) is -4.85. The van der Waals surface area contributed by atoms with Crippen LogP contribution in [0.25, 0.3) is 0 Å². The van der Waals surface area contributed by atoms with Crippen molar-refractivity contribution < 1.29 is 49.3 Å². The monoisotopic (exact) mass is 505 g/mol. The molecule has 1 aromatic carbocycles. The Morgan fingerprint density at radius 1 is 1.19 bits per heavy atom. The van der Waals surface area contributed by atoms with Crippen molar-refractivity contribution in [1.29, 1.82) is 0 Å². The summed E-state index contributed by atoms with van der Waals surface area (Å²) in [6.45, 7) is 2.20. The number of hydrogen-bond donors (Lipinski definition) is 5. The van der Waals surface area contributed by atoms with Crippen LogP contribution in [0.2, 0.25) is 0 Å². The number of likely N-dealkylation sites (N-methyl/N-ethyl adjacent to an activating group) is 1. The molecule has 0 aromatic heterocycles. The SMILES string of the molecule is CN1CC[C@]23c4c5ccc(O)c4O[C@@]2(C)C(OC(=O)OC[C@H]2O[C@H](O)[C@H](O)[C@@H](O)[C@H]2O)=CC[C@H]3C1C5. The lowest BCUT2D eigenvalue weighted by molar-refractivity contribution is -0.286. The number of carbonyl (C=O) groups excluding carboxylic acids is 1. The predicted molar refractivity (Wildman–Crippen MR) is 121 cm³/mol. The largest absolute Gasteiger partial charge is 0.513 e. The van der Waals surface area contributed by atoms with Crippen LogP contribution in [-0.4, -0.2) is 99.1 Å². The van der Waals surface area contributed by atoms with Crippen molar-refractivity contribution in [3.8, 4) is 11.5 Å². The molecule has 2 saturated heterocycles. The first-order valence-electron chi connectivity index (χ1n) is 12.3. The lowest BCUT2D eigenvalue weighted by atomic mass is 9.49. The van der Waals surface area contributed by atoms with Gasteiger partial charge in [-0.05, 0) is 63.4 Å². The van der Waals surface area contributed by atoms with Crippen LogP contribution in [0, 0.1) is 5.92 Å². The van der Waals surface area contributed by atoms with Crippen molar-refractivity contribution in [3.05, 3.63) is 35.1 Å². The Morgan fingerprint density at radius 2 is 1.97 bits per heavy atom. The Kier molecular flexibility index (Phi) is 5.35. The van der Waals surface area contributed by atoms with Gasteiger partial charge in [-0.25, -0.2) is 4.79 Å². The molecule has 3 aliphatic heterocycles. The van der Waals surface area contributed by atoms with Crippen molar-refractivity contribution in [2.45, 2.75) is 73.9 Å². The minimum Gasteiger partial charge on any atom is -0.504 e. The molecule has 2 aliphatic carbocycles. The maximum Gasteiger partial charge on any atom is 0.513 e. The fourth-order valence-corrected chi connectivity index (χ4v) is 7.21. The molecule has 11 nitrogen and oxygen atoms in total. The molecule has 1 unspecified atom stereocenters. The predicted octanol–water partition coefficient (Wildman–Crippen LogP) is -0.102. The summed E-state index contributed by atoms with van der Waals surface area (Å²) in [7, 11) is 2.12. The molecule has 3 heterocycles. The number of hydrogen-bond acceptors (Lipinski definition) is 11. The highest BCUT2D eigenvalue weighted by molar-refractivity contribution is 5.66. The zero-order chi connectivity index (χ0) is 25.6. The van der Waals surface area contributed by atoms with Gasteiger partial charge in [0.05, 0.1) is 5.41 Å². The highest BCUT2D eigenvalue weighted by Crippen LogP contribution is 2.67. The molecule has 11 heteroatoms. The molecular formula is C25H31NO10. The van der Waals surface area contributed by atoms with E-state index in [2.05, 4.69) is 11.9 Å². The van der Waals surface area contributed by atoms with Crippen LogP contribution in [0.4, 0.5) is 4.79 Å². The molecule has 9 atom stereocenters. The first-order chi connectivity index (χ1) is 17.1. The smallest absolute Gasteiger partial charge is 0.504 e. The summed E-state index contributed by atoms with van der Waals surface area (Å²) < 4.78 is 22.4. The van der Waals surface area contributed by atoms with Crippen LogP contribution < -0.4 is 4.74 Å². The Hall–Kier alpha value is -2.41. The number of phenolic OH excluding ortho intramolecular Hbond substituents is 1. The van der Waals surface area contributed by atoms with E-state index in [1.165, 1.54) is 0 Å². The van der Waals surface area contributed by atoms with E-state index >= 15 is 0 Å². The Morgan fingerprint density at radius 3 is 2.75 bits per heavy atom. The van der Waals surface area contributed by atoms with E-state index in [1.807, 2.05) is 19.1 Å². The average Bonchev–Trinajstić information content (AvgIpc) is 3.13. The lowest BCUT2D eigenvalue weighted by Crippen LogP contribution is -2.67. The van der Waals surface area contributed by atoms with Crippen molar-refractivity contribution >= 4 is 6.16 Å². The van der Waals surface area contributed by atoms with E-state index in [0.29, 0.717) is 12.2 Å². The van der Waals surface area contributed by atoms with Crippen molar-refractivity contribution in [2.24, 2.45) is 5.92 Å². The van der Waals surface area contributed by atoms with Gasteiger partial charge >= 0.3 is 6.16 Å². The van der Waals surface area contributed by atoms with Crippen molar-refractivity contribution in [2.75, 3.05) is 20.2 Å². The van der Waals surface area contributed by atoms with E-state index in [4.69, 9.17) is 18.9 Å². The molecule has 0 amide bonds. The summed E-state index contributed by atoms with van der Waals surface area (Å²) >= 11 is 0. The number of phenols is 1. The third-order valence-electron chi connectivity index (χ3n) is 9.05.